The molecule has 2 aromatic rings. The maximum atomic E-state index is 12.5. The summed E-state index contributed by atoms with van der Waals surface area (Å²) < 4.78 is 42.9. The average Bonchev–Trinajstić information content (AvgIpc) is 3.20. The van der Waals surface area contributed by atoms with Crippen molar-refractivity contribution in [3.05, 3.63) is 41.2 Å². The largest absolute Gasteiger partial charge is 0.431 e. The molecular weight excluding hydrogens is 473 g/mol. The summed E-state index contributed by atoms with van der Waals surface area (Å²) in [5.74, 6) is -2.79. The van der Waals surface area contributed by atoms with Crippen LogP contribution in [0.1, 0.15) is 30.3 Å². The average molecular weight is 491 g/mol. The van der Waals surface area contributed by atoms with E-state index >= 15 is 0 Å². The number of nitrogens with zero attached hydrogens (tertiary/aromatic N) is 1. The molecule has 2 atom stereocenters. The molecule has 1 aromatic heterocycles. The summed E-state index contributed by atoms with van der Waals surface area (Å²) in [6, 6.07) is 3.67. The van der Waals surface area contributed by atoms with E-state index in [-0.39, 0.29) is 11.7 Å². The number of alkyl halides is 3. The van der Waals surface area contributed by atoms with Crippen LogP contribution in [0.25, 0.3) is 11.5 Å². The van der Waals surface area contributed by atoms with Crippen LogP contribution < -0.4 is 16.4 Å². The molecule has 172 valence electrons. The van der Waals surface area contributed by atoms with Crippen molar-refractivity contribution in [2.75, 3.05) is 0 Å². The lowest BCUT2D eigenvalue weighted by Gasteiger charge is -2.20. The van der Waals surface area contributed by atoms with Gasteiger partial charge in [-0.2, -0.15) is 13.2 Å². The second-order valence-electron chi connectivity index (χ2n) is 6.68. The fraction of sp³-hybridized carbons (Fsp3) is 0.316. The van der Waals surface area contributed by atoms with Gasteiger partial charge in [-0.05, 0) is 37.6 Å². The smallest absolute Gasteiger partial charge is 0.389 e. The molecule has 0 saturated carbocycles. The highest BCUT2D eigenvalue weighted by Gasteiger charge is 2.33. The van der Waals surface area contributed by atoms with Crippen LogP contribution in [0.3, 0.4) is 0 Å². The van der Waals surface area contributed by atoms with Crippen molar-refractivity contribution in [3.63, 3.8) is 0 Å². The Kier molecular flexibility index (Phi) is 8.33. The number of amides is 2. The fourth-order valence-electron chi connectivity index (χ4n) is 2.48. The van der Waals surface area contributed by atoms with E-state index in [0.717, 1.165) is 6.20 Å². The van der Waals surface area contributed by atoms with E-state index < -0.39 is 53.7 Å². The van der Waals surface area contributed by atoms with Crippen molar-refractivity contribution in [2.45, 2.75) is 38.0 Å². The number of carbonyl (C=O) groups is 3. The zero-order chi connectivity index (χ0) is 24.1. The minimum atomic E-state index is -4.55. The number of aromatic nitrogens is 1. The normalized spacial score (nSPS) is 13.2. The molecule has 13 heteroatoms. The van der Waals surface area contributed by atoms with Crippen molar-refractivity contribution < 1.29 is 32.0 Å². The van der Waals surface area contributed by atoms with Gasteiger partial charge in [-0.1, -0.05) is 23.8 Å². The zero-order valence-electron chi connectivity index (χ0n) is 16.5. The lowest BCUT2D eigenvalue weighted by atomic mass is 10.1. The van der Waals surface area contributed by atoms with Crippen LogP contribution in [0.15, 0.2) is 34.9 Å². The first-order valence-corrected chi connectivity index (χ1v) is 9.89. The number of hydrogen-bond donors (Lipinski definition) is 3. The highest BCUT2D eigenvalue weighted by atomic mass is 35.5. The van der Waals surface area contributed by atoms with E-state index in [1.54, 1.807) is 24.3 Å². The summed E-state index contributed by atoms with van der Waals surface area (Å²) in [6.45, 7) is 1.27. The summed E-state index contributed by atoms with van der Waals surface area (Å²) in [5, 5.41) is 4.95. The number of thiocarbonyl (C=S) groups is 1. The van der Waals surface area contributed by atoms with E-state index in [0.29, 0.717) is 10.6 Å². The predicted molar refractivity (Wildman–Crippen MR) is 113 cm³/mol. The number of oxazole rings is 1. The number of nitrogens with one attached hydrogen (secondary N) is 2. The summed E-state index contributed by atoms with van der Waals surface area (Å²) in [6.07, 6.45) is -5.49. The third-order valence-corrected chi connectivity index (χ3v) is 4.61. The molecule has 8 nitrogen and oxygen atoms in total. The van der Waals surface area contributed by atoms with Crippen LogP contribution >= 0.6 is 23.8 Å². The Morgan fingerprint density at radius 2 is 1.84 bits per heavy atom. The first-order chi connectivity index (χ1) is 14.9. The van der Waals surface area contributed by atoms with Crippen molar-refractivity contribution in [1.29, 1.82) is 0 Å². The fourth-order valence-corrected chi connectivity index (χ4v) is 2.75. The number of ketones is 1. The van der Waals surface area contributed by atoms with Crippen LogP contribution in [-0.4, -0.2) is 45.8 Å². The third-order valence-electron chi connectivity index (χ3n) is 4.15. The number of rotatable bonds is 9. The monoisotopic (exact) mass is 490 g/mol. The second kappa shape index (κ2) is 10.6. The molecule has 0 spiro atoms. The highest BCUT2D eigenvalue weighted by molar-refractivity contribution is 7.82. The van der Waals surface area contributed by atoms with Crippen molar-refractivity contribution in [2.24, 2.45) is 5.73 Å². The first kappa shape index (κ1) is 25.3. The van der Waals surface area contributed by atoms with Gasteiger partial charge in [0.1, 0.15) is 11.0 Å². The molecule has 0 aliphatic rings. The van der Waals surface area contributed by atoms with E-state index in [1.807, 2.05) is 0 Å². The van der Waals surface area contributed by atoms with Gasteiger partial charge in [0, 0.05) is 17.0 Å². The molecule has 0 saturated heterocycles. The number of halogens is 4. The van der Waals surface area contributed by atoms with Crippen LogP contribution in [-0.2, 0) is 9.59 Å². The molecule has 2 rings (SSSR count). The lowest BCUT2D eigenvalue weighted by molar-refractivity contribution is -0.139. The molecule has 0 bridgehead atoms. The number of hydrogen-bond acceptors (Lipinski definition) is 6. The van der Waals surface area contributed by atoms with Gasteiger partial charge >= 0.3 is 6.18 Å². The minimum absolute atomic E-state index is 0.137. The van der Waals surface area contributed by atoms with Crippen LogP contribution in [0.4, 0.5) is 13.2 Å². The van der Waals surface area contributed by atoms with Gasteiger partial charge in [-0.25, -0.2) is 4.98 Å². The molecule has 4 N–H and O–H groups in total. The van der Waals surface area contributed by atoms with Gasteiger partial charge in [0.2, 0.25) is 23.3 Å². The second-order valence-corrected chi connectivity index (χ2v) is 7.55. The Morgan fingerprint density at radius 3 is 2.41 bits per heavy atom. The Morgan fingerprint density at radius 1 is 1.22 bits per heavy atom. The third kappa shape index (κ3) is 7.31. The van der Waals surface area contributed by atoms with Crippen LogP contribution in [0.2, 0.25) is 5.02 Å². The summed E-state index contributed by atoms with van der Waals surface area (Å²) >= 11 is 10.3. The lowest BCUT2D eigenvalue weighted by Crippen LogP contribution is -2.52. The predicted octanol–water partition coefficient (Wildman–Crippen LogP) is 2.80. The van der Waals surface area contributed by atoms with E-state index in [4.69, 9.17) is 21.8 Å². The van der Waals surface area contributed by atoms with Crippen LogP contribution in [0.5, 0.6) is 0 Å². The number of benzene rings is 1. The standard InChI is InChI=1S/C19H18ClF3N4O4S/c1-9(16(29)27-12(14(28)15(24)32)6-7-19(21,22)23)26-17(30)13-8-25-18(31-13)10-2-4-11(20)5-3-10/h2-5,8-9,12H,6-7H2,1H3,(H2,24,32)(H,26,30)(H,27,29)/t9-,12-/m0/s1. The van der Waals surface area contributed by atoms with Gasteiger partial charge in [0.15, 0.2) is 0 Å². The minimum Gasteiger partial charge on any atom is -0.431 e. The number of Topliss-reactive ketones (excluding diaryl/α,β-unsaturated/α-hetero) is 1. The molecule has 0 radical (unpaired) electrons. The Balaban J connectivity index is 2.02. The van der Waals surface area contributed by atoms with E-state index in [2.05, 4.69) is 27.8 Å². The number of carbonyl (C=O) groups excluding carboxylic acids is 3. The Labute approximate surface area is 190 Å². The summed E-state index contributed by atoms with van der Waals surface area (Å²) in [5.41, 5.74) is 5.75. The molecule has 0 aliphatic carbocycles. The SMILES string of the molecule is C[C@H](NC(=O)c1cnc(-c2ccc(Cl)cc2)o1)C(=O)N[C@@H](CCC(F)(F)F)C(=O)C(N)=S. The zero-order valence-corrected chi connectivity index (χ0v) is 18.1. The van der Waals surface area contributed by atoms with Crippen LogP contribution in [0, 0.1) is 0 Å². The molecule has 0 fully saturated rings. The maximum absolute atomic E-state index is 12.5. The highest BCUT2D eigenvalue weighted by Crippen LogP contribution is 2.23. The van der Waals surface area contributed by atoms with Gasteiger partial charge in [-0.15, -0.1) is 0 Å². The van der Waals surface area contributed by atoms with Crippen molar-refractivity contribution in [3.8, 4) is 11.5 Å². The Bertz CT molecular complexity index is 1010. The van der Waals surface area contributed by atoms with E-state index in [1.165, 1.54) is 6.92 Å². The topological polar surface area (TPSA) is 127 Å². The quantitative estimate of drug-likeness (QED) is 0.461. The maximum Gasteiger partial charge on any atom is 0.389 e. The molecule has 0 aliphatic heterocycles. The Hall–Kier alpha value is -2.99. The van der Waals surface area contributed by atoms with Gasteiger partial charge in [0.05, 0.1) is 12.2 Å². The van der Waals surface area contributed by atoms with Crippen molar-refractivity contribution in [1.82, 2.24) is 15.6 Å². The molecule has 1 heterocycles. The summed E-state index contributed by atoms with van der Waals surface area (Å²) in [7, 11) is 0. The molecular formula is C19H18ClF3N4O4S. The number of nitrogens with two attached hydrogens (primary N) is 1. The molecule has 32 heavy (non-hydrogen) atoms. The van der Waals surface area contributed by atoms with Crippen molar-refractivity contribution >= 4 is 46.4 Å². The van der Waals surface area contributed by atoms with E-state index in [9.17, 15) is 27.6 Å². The first-order valence-electron chi connectivity index (χ1n) is 9.11. The molecule has 0 unspecified atom stereocenters. The van der Waals surface area contributed by atoms with Gasteiger partial charge < -0.3 is 20.8 Å². The van der Waals surface area contributed by atoms with Gasteiger partial charge in [-0.3, -0.25) is 14.4 Å². The molecule has 2 amide bonds. The van der Waals surface area contributed by atoms with Gasteiger partial charge in [0.25, 0.3) is 5.91 Å². The molecule has 1 aromatic carbocycles. The summed E-state index contributed by atoms with van der Waals surface area (Å²) in [4.78, 5) is 39.9.